The zero-order valence-corrected chi connectivity index (χ0v) is 17.1. The van der Waals surface area contributed by atoms with E-state index < -0.39 is 0 Å². The highest BCUT2D eigenvalue weighted by molar-refractivity contribution is 14.0. The molecule has 1 aromatic carbocycles. The molecule has 0 bridgehead atoms. The minimum absolute atomic E-state index is 0. The lowest BCUT2D eigenvalue weighted by molar-refractivity contribution is -0.123. The number of amides is 1. The Hall–Kier alpha value is -1.51. The predicted octanol–water partition coefficient (Wildman–Crippen LogP) is 2.04. The van der Waals surface area contributed by atoms with Crippen LogP contribution in [0.2, 0.25) is 0 Å². The van der Waals surface area contributed by atoms with Crippen molar-refractivity contribution in [1.29, 1.82) is 0 Å². The Morgan fingerprint density at radius 1 is 1.32 bits per heavy atom. The van der Waals surface area contributed by atoms with Crippen LogP contribution in [0.3, 0.4) is 0 Å². The molecule has 2 fully saturated rings. The van der Waals surface area contributed by atoms with Gasteiger partial charge in [0, 0.05) is 25.7 Å². The number of carbonyl (C=O) groups excluding carboxylic acids is 1. The fourth-order valence-corrected chi connectivity index (χ4v) is 2.47. The Balaban J connectivity index is 0.00000225. The average molecular weight is 458 g/mol. The predicted molar refractivity (Wildman–Crippen MR) is 109 cm³/mol. The summed E-state index contributed by atoms with van der Waals surface area (Å²) in [6.45, 7) is 2.95. The summed E-state index contributed by atoms with van der Waals surface area (Å²) in [7, 11) is 1.78. The summed E-state index contributed by atoms with van der Waals surface area (Å²) in [5.41, 5.74) is 1.09. The molecule has 2 aliphatic carbocycles. The molecule has 3 rings (SSSR count). The van der Waals surface area contributed by atoms with E-state index in [4.69, 9.17) is 4.74 Å². The van der Waals surface area contributed by atoms with Gasteiger partial charge in [-0.05, 0) is 42.9 Å². The zero-order chi connectivity index (χ0) is 16.9. The van der Waals surface area contributed by atoms with Crippen LogP contribution in [-0.2, 0) is 11.3 Å². The molecule has 0 heterocycles. The fraction of sp³-hybridized carbons (Fsp3) is 0.556. The lowest BCUT2D eigenvalue weighted by Gasteiger charge is -2.12. The molecule has 2 aliphatic rings. The van der Waals surface area contributed by atoms with E-state index in [9.17, 15) is 4.79 Å². The van der Waals surface area contributed by atoms with Gasteiger partial charge >= 0.3 is 0 Å². The molecule has 2 unspecified atom stereocenters. The highest BCUT2D eigenvalue weighted by atomic mass is 127. The van der Waals surface area contributed by atoms with Crippen LogP contribution < -0.4 is 20.7 Å². The molecule has 0 aliphatic heterocycles. The van der Waals surface area contributed by atoms with Crippen molar-refractivity contribution in [2.45, 2.75) is 44.8 Å². The number of ether oxygens (including phenoxy) is 1. The van der Waals surface area contributed by atoms with E-state index in [-0.39, 0.29) is 36.5 Å². The van der Waals surface area contributed by atoms with Crippen LogP contribution in [0.15, 0.2) is 29.3 Å². The molecule has 0 saturated heterocycles. The molecule has 1 aromatic rings. The standard InChI is InChI=1S/C18H26N4O2.HI/c1-12-8-16(12)22-18(19-2)20-10-13-4-3-5-15(9-13)24-11-17(23)21-14-6-7-14;/h3-5,9,12,14,16H,6-8,10-11H2,1-2H3,(H,21,23)(H2,19,20,22);1H. The van der Waals surface area contributed by atoms with E-state index in [0.29, 0.717) is 24.4 Å². The van der Waals surface area contributed by atoms with Gasteiger partial charge in [-0.1, -0.05) is 19.1 Å². The molecule has 2 atom stereocenters. The van der Waals surface area contributed by atoms with Crippen molar-refractivity contribution >= 4 is 35.8 Å². The Morgan fingerprint density at radius 3 is 2.72 bits per heavy atom. The second-order valence-corrected chi connectivity index (χ2v) is 6.67. The first-order chi connectivity index (χ1) is 11.6. The molecule has 6 nitrogen and oxygen atoms in total. The number of benzene rings is 1. The molecule has 0 aromatic heterocycles. The fourth-order valence-electron chi connectivity index (χ4n) is 2.47. The number of hydrogen-bond donors (Lipinski definition) is 3. The Morgan fingerprint density at radius 2 is 2.08 bits per heavy atom. The van der Waals surface area contributed by atoms with Crippen molar-refractivity contribution in [2.75, 3.05) is 13.7 Å². The van der Waals surface area contributed by atoms with Crippen LogP contribution >= 0.6 is 24.0 Å². The number of aliphatic imine (C=N–C) groups is 1. The first-order valence-corrected chi connectivity index (χ1v) is 8.62. The van der Waals surface area contributed by atoms with Gasteiger partial charge < -0.3 is 20.7 Å². The molecule has 0 radical (unpaired) electrons. The zero-order valence-electron chi connectivity index (χ0n) is 14.7. The molecular weight excluding hydrogens is 431 g/mol. The molecule has 1 amide bonds. The third-order valence-electron chi connectivity index (χ3n) is 4.33. The number of halogens is 1. The van der Waals surface area contributed by atoms with E-state index in [0.717, 1.165) is 30.3 Å². The summed E-state index contributed by atoms with van der Waals surface area (Å²) in [5.74, 6) is 2.20. The Labute approximate surface area is 166 Å². The number of nitrogens with zero attached hydrogens (tertiary/aromatic N) is 1. The summed E-state index contributed by atoms with van der Waals surface area (Å²) in [5, 5.41) is 9.62. The summed E-state index contributed by atoms with van der Waals surface area (Å²) in [6, 6.07) is 8.68. The van der Waals surface area contributed by atoms with Gasteiger partial charge in [0.25, 0.3) is 5.91 Å². The molecule has 3 N–H and O–H groups in total. The first kappa shape index (κ1) is 19.8. The number of nitrogens with one attached hydrogen (secondary N) is 3. The summed E-state index contributed by atoms with van der Waals surface area (Å²) >= 11 is 0. The quantitative estimate of drug-likeness (QED) is 0.332. The van der Waals surface area contributed by atoms with Crippen LogP contribution in [-0.4, -0.2) is 37.6 Å². The first-order valence-electron chi connectivity index (χ1n) is 8.62. The highest BCUT2D eigenvalue weighted by Gasteiger charge is 2.33. The van der Waals surface area contributed by atoms with Crippen molar-refractivity contribution in [3.63, 3.8) is 0 Å². The number of guanidine groups is 1. The van der Waals surface area contributed by atoms with Crippen LogP contribution in [0.4, 0.5) is 0 Å². The Bertz CT molecular complexity index is 619. The lowest BCUT2D eigenvalue weighted by atomic mass is 10.2. The van der Waals surface area contributed by atoms with Crippen molar-refractivity contribution in [2.24, 2.45) is 10.9 Å². The minimum atomic E-state index is -0.0517. The minimum Gasteiger partial charge on any atom is -0.484 e. The second kappa shape index (κ2) is 9.26. The van der Waals surface area contributed by atoms with Gasteiger partial charge in [0.1, 0.15) is 5.75 Å². The lowest BCUT2D eigenvalue weighted by Crippen LogP contribution is -2.38. The third-order valence-corrected chi connectivity index (χ3v) is 4.33. The van der Waals surface area contributed by atoms with Crippen molar-refractivity contribution in [3.05, 3.63) is 29.8 Å². The van der Waals surface area contributed by atoms with Gasteiger partial charge in [0.2, 0.25) is 0 Å². The smallest absolute Gasteiger partial charge is 0.258 e. The van der Waals surface area contributed by atoms with Gasteiger partial charge in [0.15, 0.2) is 12.6 Å². The molecular formula is C18H27IN4O2. The molecule has 25 heavy (non-hydrogen) atoms. The highest BCUT2D eigenvalue weighted by Crippen LogP contribution is 2.28. The second-order valence-electron chi connectivity index (χ2n) is 6.67. The van der Waals surface area contributed by atoms with Crippen molar-refractivity contribution in [1.82, 2.24) is 16.0 Å². The van der Waals surface area contributed by atoms with Crippen molar-refractivity contribution < 1.29 is 9.53 Å². The van der Waals surface area contributed by atoms with Crippen molar-refractivity contribution in [3.8, 4) is 5.75 Å². The van der Waals surface area contributed by atoms with Gasteiger partial charge in [-0.3, -0.25) is 9.79 Å². The van der Waals surface area contributed by atoms with Crippen LogP contribution in [0, 0.1) is 5.92 Å². The molecule has 2 saturated carbocycles. The maximum atomic E-state index is 11.7. The van der Waals surface area contributed by atoms with Gasteiger partial charge in [-0.15, -0.1) is 24.0 Å². The van der Waals surface area contributed by atoms with E-state index in [1.807, 2.05) is 24.3 Å². The van der Waals surface area contributed by atoms with Crippen LogP contribution in [0.5, 0.6) is 5.75 Å². The maximum absolute atomic E-state index is 11.7. The normalized spacial score (nSPS) is 21.8. The largest absolute Gasteiger partial charge is 0.484 e. The summed E-state index contributed by atoms with van der Waals surface area (Å²) in [4.78, 5) is 15.9. The average Bonchev–Trinajstić information content (AvgIpc) is 3.50. The Kier molecular flexibility index (Phi) is 7.34. The van der Waals surface area contributed by atoms with Crippen LogP contribution in [0.25, 0.3) is 0 Å². The summed E-state index contributed by atoms with van der Waals surface area (Å²) < 4.78 is 5.57. The maximum Gasteiger partial charge on any atom is 0.258 e. The number of rotatable bonds is 7. The number of hydrogen-bond acceptors (Lipinski definition) is 3. The van der Waals surface area contributed by atoms with Gasteiger partial charge in [-0.25, -0.2) is 0 Å². The number of carbonyl (C=O) groups is 1. The summed E-state index contributed by atoms with van der Waals surface area (Å²) in [6.07, 6.45) is 3.37. The molecule has 138 valence electrons. The topological polar surface area (TPSA) is 74.8 Å². The molecule has 0 spiro atoms. The van der Waals surface area contributed by atoms with E-state index >= 15 is 0 Å². The third kappa shape index (κ3) is 6.72. The van der Waals surface area contributed by atoms with Crippen LogP contribution in [0.1, 0.15) is 31.7 Å². The van der Waals surface area contributed by atoms with Gasteiger partial charge in [0.05, 0.1) is 0 Å². The van der Waals surface area contributed by atoms with E-state index in [2.05, 4.69) is 27.9 Å². The molecule has 7 heteroatoms. The van der Waals surface area contributed by atoms with E-state index in [1.165, 1.54) is 6.42 Å². The van der Waals surface area contributed by atoms with Gasteiger partial charge in [-0.2, -0.15) is 0 Å². The monoisotopic (exact) mass is 458 g/mol. The SMILES string of the molecule is CN=C(NCc1cccc(OCC(=O)NC2CC2)c1)NC1CC1C.I. The van der Waals surface area contributed by atoms with E-state index in [1.54, 1.807) is 7.05 Å².